The van der Waals surface area contributed by atoms with E-state index in [2.05, 4.69) is 17.3 Å². The van der Waals surface area contributed by atoms with Crippen molar-refractivity contribution in [3.05, 3.63) is 18.0 Å². The van der Waals surface area contributed by atoms with Crippen LogP contribution in [-0.2, 0) is 11.0 Å². The predicted octanol–water partition coefficient (Wildman–Crippen LogP) is 2.88. The second-order valence-electron chi connectivity index (χ2n) is 6.81. The van der Waals surface area contributed by atoms with Gasteiger partial charge in [0.1, 0.15) is 0 Å². The molecular formula is C16H24ClF3N4O. The van der Waals surface area contributed by atoms with E-state index in [0.29, 0.717) is 32.0 Å². The number of amides is 1. The summed E-state index contributed by atoms with van der Waals surface area (Å²) in [6.45, 7) is 4.12. The minimum absolute atomic E-state index is 0. The Hall–Kier alpha value is -1.28. The van der Waals surface area contributed by atoms with Crippen LogP contribution in [0.3, 0.4) is 0 Å². The van der Waals surface area contributed by atoms with Gasteiger partial charge in [0.15, 0.2) is 5.69 Å². The van der Waals surface area contributed by atoms with Crippen molar-refractivity contribution in [2.75, 3.05) is 19.6 Å². The molecule has 1 aromatic rings. The normalized spacial score (nSPS) is 25.5. The van der Waals surface area contributed by atoms with E-state index in [9.17, 15) is 18.0 Å². The van der Waals surface area contributed by atoms with Crippen molar-refractivity contribution in [1.29, 1.82) is 0 Å². The first-order chi connectivity index (χ1) is 11.3. The number of aromatic nitrogens is 2. The molecule has 142 valence electrons. The van der Waals surface area contributed by atoms with Crippen LogP contribution in [0.5, 0.6) is 0 Å². The molecule has 9 heteroatoms. The highest BCUT2D eigenvalue weighted by Gasteiger charge is 2.35. The summed E-state index contributed by atoms with van der Waals surface area (Å²) < 4.78 is 39.3. The van der Waals surface area contributed by atoms with E-state index in [4.69, 9.17) is 0 Å². The number of nitrogens with one attached hydrogen (secondary N) is 1. The Morgan fingerprint density at radius 2 is 1.96 bits per heavy atom. The third kappa shape index (κ3) is 4.67. The zero-order chi connectivity index (χ0) is 17.3. The maximum atomic E-state index is 12.6. The van der Waals surface area contributed by atoms with Crippen molar-refractivity contribution in [1.82, 2.24) is 20.0 Å². The van der Waals surface area contributed by atoms with Gasteiger partial charge in [-0.05, 0) is 45.2 Å². The number of piperidine rings is 2. The van der Waals surface area contributed by atoms with Crippen molar-refractivity contribution in [3.8, 4) is 0 Å². The molecule has 2 saturated heterocycles. The summed E-state index contributed by atoms with van der Waals surface area (Å²) in [6, 6.07) is 1.29. The average Bonchev–Trinajstić information content (AvgIpc) is 3.04. The molecule has 0 spiro atoms. The summed E-state index contributed by atoms with van der Waals surface area (Å²) in [6.07, 6.45) is -0.0202. The monoisotopic (exact) mass is 380 g/mol. The van der Waals surface area contributed by atoms with E-state index >= 15 is 0 Å². The molecule has 0 saturated carbocycles. The van der Waals surface area contributed by atoms with Crippen molar-refractivity contribution in [3.63, 3.8) is 0 Å². The van der Waals surface area contributed by atoms with E-state index in [1.165, 1.54) is 10.9 Å². The zero-order valence-corrected chi connectivity index (χ0v) is 14.9. The second kappa shape index (κ2) is 7.95. The lowest BCUT2D eigenvalue weighted by molar-refractivity contribution is -0.141. The maximum absolute atomic E-state index is 12.6. The molecule has 3 heterocycles. The Labute approximate surface area is 151 Å². The molecule has 2 fully saturated rings. The van der Waals surface area contributed by atoms with Gasteiger partial charge in [-0.3, -0.25) is 9.48 Å². The molecule has 0 radical (unpaired) electrons. The fourth-order valence-corrected chi connectivity index (χ4v) is 3.66. The summed E-state index contributed by atoms with van der Waals surface area (Å²) in [5, 5.41) is 6.99. The van der Waals surface area contributed by atoms with Crippen molar-refractivity contribution in [2.45, 2.75) is 50.9 Å². The zero-order valence-electron chi connectivity index (χ0n) is 14.1. The van der Waals surface area contributed by atoms with Crippen LogP contribution in [-0.4, -0.2) is 46.3 Å². The molecule has 2 aliphatic heterocycles. The van der Waals surface area contributed by atoms with Crippen LogP contribution in [0.15, 0.2) is 12.3 Å². The molecule has 1 N–H and O–H groups in total. The lowest BCUT2D eigenvalue weighted by Gasteiger charge is -2.36. The van der Waals surface area contributed by atoms with E-state index in [1.807, 2.05) is 4.90 Å². The molecule has 2 aliphatic rings. The highest BCUT2D eigenvalue weighted by atomic mass is 35.5. The summed E-state index contributed by atoms with van der Waals surface area (Å²) >= 11 is 0. The first kappa shape index (κ1) is 20.0. The molecule has 3 rings (SSSR count). The molecule has 0 bridgehead atoms. The van der Waals surface area contributed by atoms with Gasteiger partial charge in [-0.15, -0.1) is 12.4 Å². The van der Waals surface area contributed by atoms with Crippen LogP contribution in [0.2, 0.25) is 0 Å². The smallest absolute Gasteiger partial charge is 0.342 e. The Bertz CT molecular complexity index is 584. The van der Waals surface area contributed by atoms with Crippen molar-refractivity contribution < 1.29 is 18.0 Å². The SMILES string of the molecule is C[C@H]1C[C@@H](C(=O)N2CCC(n3ccc(C(F)(F)F)n3)CC2)CCN1.Cl. The van der Waals surface area contributed by atoms with Crippen LogP contribution in [0.1, 0.15) is 44.3 Å². The molecule has 1 amide bonds. The number of rotatable bonds is 2. The van der Waals surface area contributed by atoms with E-state index < -0.39 is 11.9 Å². The first-order valence-corrected chi connectivity index (χ1v) is 8.49. The summed E-state index contributed by atoms with van der Waals surface area (Å²) in [7, 11) is 0. The fourth-order valence-electron chi connectivity index (χ4n) is 3.66. The number of alkyl halides is 3. The molecule has 0 aliphatic carbocycles. The van der Waals surface area contributed by atoms with Gasteiger partial charge in [0, 0.05) is 31.2 Å². The van der Waals surface area contributed by atoms with Crippen molar-refractivity contribution in [2.24, 2.45) is 5.92 Å². The number of hydrogen-bond acceptors (Lipinski definition) is 3. The third-order valence-corrected chi connectivity index (χ3v) is 5.02. The summed E-state index contributed by atoms with van der Waals surface area (Å²) in [5.74, 6) is 0.262. The van der Waals surface area contributed by atoms with Crippen LogP contribution >= 0.6 is 12.4 Å². The Kier molecular flexibility index (Phi) is 6.37. The lowest BCUT2D eigenvalue weighted by Crippen LogP contribution is -2.46. The van der Waals surface area contributed by atoms with Gasteiger partial charge >= 0.3 is 6.18 Å². The summed E-state index contributed by atoms with van der Waals surface area (Å²) in [5.41, 5.74) is -0.857. The van der Waals surface area contributed by atoms with Crippen molar-refractivity contribution >= 4 is 18.3 Å². The molecule has 0 aromatic carbocycles. The Balaban J connectivity index is 0.00000225. The predicted molar refractivity (Wildman–Crippen MR) is 89.5 cm³/mol. The standard InChI is InChI=1S/C16H23F3N4O.ClH/c1-11-10-12(2-6-20-11)15(24)22-7-3-13(4-8-22)23-9-5-14(21-23)16(17,18)19;/h5,9,11-13,20H,2-4,6-8,10H2,1H3;1H/t11-,12-;/m0./s1. The van der Waals surface area contributed by atoms with Crippen LogP contribution < -0.4 is 5.32 Å². The molecule has 0 unspecified atom stereocenters. The first-order valence-electron chi connectivity index (χ1n) is 8.49. The highest BCUT2D eigenvalue weighted by Crippen LogP contribution is 2.30. The van der Waals surface area contributed by atoms with Gasteiger partial charge in [0.2, 0.25) is 5.91 Å². The van der Waals surface area contributed by atoms with Gasteiger partial charge in [0.25, 0.3) is 0 Å². The lowest BCUT2D eigenvalue weighted by atomic mass is 9.91. The highest BCUT2D eigenvalue weighted by molar-refractivity contribution is 5.85. The van der Waals surface area contributed by atoms with Gasteiger partial charge in [0.05, 0.1) is 6.04 Å². The van der Waals surface area contributed by atoms with Gasteiger partial charge in [-0.25, -0.2) is 0 Å². The maximum Gasteiger partial charge on any atom is 0.435 e. The minimum Gasteiger partial charge on any atom is -0.342 e. The third-order valence-electron chi connectivity index (χ3n) is 5.02. The number of halogens is 4. The fraction of sp³-hybridized carbons (Fsp3) is 0.750. The molecule has 25 heavy (non-hydrogen) atoms. The molecule has 5 nitrogen and oxygen atoms in total. The number of nitrogens with zero attached hydrogens (tertiary/aromatic N) is 3. The second-order valence-corrected chi connectivity index (χ2v) is 6.81. The Morgan fingerprint density at radius 3 is 2.52 bits per heavy atom. The van der Waals surface area contributed by atoms with Gasteiger partial charge in [-0.1, -0.05) is 0 Å². The number of hydrogen-bond donors (Lipinski definition) is 1. The molecular weight excluding hydrogens is 357 g/mol. The quantitative estimate of drug-likeness (QED) is 0.858. The minimum atomic E-state index is -4.41. The van der Waals surface area contributed by atoms with Crippen LogP contribution in [0.25, 0.3) is 0 Å². The summed E-state index contributed by atoms with van der Waals surface area (Å²) in [4.78, 5) is 14.5. The number of carbonyl (C=O) groups excluding carboxylic acids is 1. The Morgan fingerprint density at radius 1 is 1.28 bits per heavy atom. The van der Waals surface area contributed by atoms with E-state index in [-0.39, 0.29) is 30.3 Å². The largest absolute Gasteiger partial charge is 0.435 e. The van der Waals surface area contributed by atoms with Gasteiger partial charge in [-0.2, -0.15) is 18.3 Å². The topological polar surface area (TPSA) is 50.2 Å². The number of carbonyl (C=O) groups is 1. The molecule has 2 atom stereocenters. The van der Waals surface area contributed by atoms with Crippen LogP contribution in [0, 0.1) is 5.92 Å². The van der Waals surface area contributed by atoms with E-state index in [0.717, 1.165) is 25.5 Å². The van der Waals surface area contributed by atoms with E-state index in [1.54, 1.807) is 0 Å². The average molecular weight is 381 g/mol. The van der Waals surface area contributed by atoms with Gasteiger partial charge < -0.3 is 10.2 Å². The number of likely N-dealkylation sites (tertiary alicyclic amines) is 1. The van der Waals surface area contributed by atoms with Crippen LogP contribution in [0.4, 0.5) is 13.2 Å². The molecule has 1 aromatic heterocycles.